The van der Waals surface area contributed by atoms with Crippen LogP contribution >= 0.6 is 0 Å². The molecule has 1 amide bonds. The molecule has 0 bridgehead atoms. The minimum atomic E-state index is 0.0191. The van der Waals surface area contributed by atoms with E-state index in [9.17, 15) is 4.79 Å². The van der Waals surface area contributed by atoms with E-state index in [1.54, 1.807) is 0 Å². The summed E-state index contributed by atoms with van der Waals surface area (Å²) in [5.74, 6) is 0.253. The second kappa shape index (κ2) is 3.90. The van der Waals surface area contributed by atoms with Gasteiger partial charge >= 0.3 is 0 Å². The second-order valence-electron chi connectivity index (χ2n) is 3.36. The van der Waals surface area contributed by atoms with Crippen molar-refractivity contribution in [3.63, 3.8) is 0 Å². The average molecular weight is 170 g/mol. The molecule has 1 aliphatic rings. The predicted octanol–water partition coefficient (Wildman–Crippen LogP) is 0.953. The maximum absolute atomic E-state index is 11.5. The normalized spacial score (nSPS) is 24.2. The largest absolute Gasteiger partial charge is 0.326 e. The number of hydrogen-bond donors (Lipinski definition) is 1. The van der Waals surface area contributed by atoms with Gasteiger partial charge in [-0.15, -0.1) is 0 Å². The van der Waals surface area contributed by atoms with Crippen LogP contribution in [0.3, 0.4) is 0 Å². The molecular formula is C9H18N2O. The summed E-state index contributed by atoms with van der Waals surface area (Å²) in [4.78, 5) is 13.5. The van der Waals surface area contributed by atoms with Crippen LogP contribution in [-0.4, -0.2) is 29.6 Å². The fraction of sp³-hybridized carbons (Fsp3) is 0.889. The van der Waals surface area contributed by atoms with Crippen molar-refractivity contribution in [2.24, 2.45) is 0 Å². The lowest BCUT2D eigenvalue weighted by atomic mass is 10.1. The first-order chi connectivity index (χ1) is 5.70. The molecule has 0 aromatic carbocycles. The van der Waals surface area contributed by atoms with Crippen molar-refractivity contribution in [3.8, 4) is 0 Å². The standard InChI is InChI=1S/C9H18N2O/c1-4-8(5-2)11-6-10-7(3)9(11)12/h7-8,10H,4-6H2,1-3H3. The number of rotatable bonds is 3. The van der Waals surface area contributed by atoms with Crippen LogP contribution in [0, 0.1) is 0 Å². The van der Waals surface area contributed by atoms with Gasteiger partial charge in [-0.3, -0.25) is 10.1 Å². The zero-order valence-corrected chi connectivity index (χ0v) is 8.13. The van der Waals surface area contributed by atoms with E-state index in [2.05, 4.69) is 19.2 Å². The molecule has 1 heterocycles. The van der Waals surface area contributed by atoms with Gasteiger partial charge in [0.2, 0.25) is 5.91 Å². The van der Waals surface area contributed by atoms with Crippen molar-refractivity contribution < 1.29 is 4.79 Å². The summed E-state index contributed by atoms with van der Waals surface area (Å²) in [5.41, 5.74) is 0. The van der Waals surface area contributed by atoms with Crippen LogP contribution in [0.1, 0.15) is 33.6 Å². The van der Waals surface area contributed by atoms with Gasteiger partial charge in [-0.2, -0.15) is 0 Å². The summed E-state index contributed by atoms with van der Waals surface area (Å²) in [5, 5.41) is 3.14. The van der Waals surface area contributed by atoms with Crippen molar-refractivity contribution in [2.75, 3.05) is 6.67 Å². The Morgan fingerprint density at radius 2 is 2.17 bits per heavy atom. The summed E-state index contributed by atoms with van der Waals surface area (Å²) in [6, 6.07) is 0.445. The highest BCUT2D eigenvalue weighted by Gasteiger charge is 2.30. The number of hydrogen-bond acceptors (Lipinski definition) is 2. The minimum absolute atomic E-state index is 0.0191. The molecular weight excluding hydrogens is 152 g/mol. The molecule has 0 radical (unpaired) electrons. The van der Waals surface area contributed by atoms with Gasteiger partial charge in [0, 0.05) is 6.04 Å². The zero-order valence-electron chi connectivity index (χ0n) is 8.13. The third-order valence-electron chi connectivity index (χ3n) is 2.60. The molecule has 0 saturated carbocycles. The number of carbonyl (C=O) groups is 1. The predicted molar refractivity (Wildman–Crippen MR) is 48.7 cm³/mol. The highest BCUT2D eigenvalue weighted by molar-refractivity contribution is 5.83. The van der Waals surface area contributed by atoms with Crippen LogP contribution in [0.4, 0.5) is 0 Å². The molecule has 1 N–H and O–H groups in total. The molecule has 0 aromatic heterocycles. The van der Waals surface area contributed by atoms with E-state index in [-0.39, 0.29) is 11.9 Å². The molecule has 1 aliphatic heterocycles. The lowest BCUT2D eigenvalue weighted by Crippen LogP contribution is -2.37. The highest BCUT2D eigenvalue weighted by atomic mass is 16.2. The summed E-state index contributed by atoms with van der Waals surface area (Å²) in [6.45, 7) is 6.91. The van der Waals surface area contributed by atoms with E-state index >= 15 is 0 Å². The van der Waals surface area contributed by atoms with E-state index in [1.807, 2.05) is 11.8 Å². The van der Waals surface area contributed by atoms with E-state index in [0.29, 0.717) is 6.04 Å². The van der Waals surface area contributed by atoms with Gasteiger partial charge in [0.15, 0.2) is 0 Å². The zero-order chi connectivity index (χ0) is 9.14. The first-order valence-electron chi connectivity index (χ1n) is 4.74. The third kappa shape index (κ3) is 1.61. The molecule has 0 spiro atoms. The van der Waals surface area contributed by atoms with Crippen LogP contribution in [-0.2, 0) is 4.79 Å². The Hall–Kier alpha value is -0.570. The molecule has 1 saturated heterocycles. The molecule has 1 rings (SSSR count). The van der Waals surface area contributed by atoms with Gasteiger partial charge in [0.1, 0.15) is 0 Å². The Kier molecular flexibility index (Phi) is 3.09. The first kappa shape index (κ1) is 9.52. The molecule has 1 atom stereocenters. The van der Waals surface area contributed by atoms with E-state index in [1.165, 1.54) is 0 Å². The molecule has 12 heavy (non-hydrogen) atoms. The quantitative estimate of drug-likeness (QED) is 0.684. The summed E-state index contributed by atoms with van der Waals surface area (Å²) >= 11 is 0. The van der Waals surface area contributed by atoms with Crippen molar-refractivity contribution in [2.45, 2.75) is 45.7 Å². The molecule has 0 aliphatic carbocycles. The van der Waals surface area contributed by atoms with Gasteiger partial charge in [0.05, 0.1) is 12.7 Å². The van der Waals surface area contributed by atoms with Crippen LogP contribution in [0.25, 0.3) is 0 Å². The fourth-order valence-electron chi connectivity index (χ4n) is 1.69. The Morgan fingerprint density at radius 3 is 2.50 bits per heavy atom. The SMILES string of the molecule is CCC(CC)N1CNC(C)C1=O. The van der Waals surface area contributed by atoms with Crippen molar-refractivity contribution in [3.05, 3.63) is 0 Å². The lowest BCUT2D eigenvalue weighted by Gasteiger charge is -2.24. The lowest BCUT2D eigenvalue weighted by molar-refractivity contribution is -0.130. The number of nitrogens with zero attached hydrogens (tertiary/aromatic N) is 1. The Bertz CT molecular complexity index is 166. The maximum Gasteiger partial charge on any atom is 0.240 e. The van der Waals surface area contributed by atoms with Gasteiger partial charge in [0.25, 0.3) is 0 Å². The highest BCUT2D eigenvalue weighted by Crippen LogP contribution is 2.13. The molecule has 70 valence electrons. The van der Waals surface area contributed by atoms with Crippen LogP contribution in [0.2, 0.25) is 0 Å². The van der Waals surface area contributed by atoms with Crippen LogP contribution in [0.5, 0.6) is 0 Å². The number of amides is 1. The Morgan fingerprint density at radius 1 is 1.58 bits per heavy atom. The Balaban J connectivity index is 2.57. The fourth-order valence-corrected chi connectivity index (χ4v) is 1.69. The summed E-state index contributed by atoms with van der Waals surface area (Å²) < 4.78 is 0. The van der Waals surface area contributed by atoms with Crippen molar-refractivity contribution >= 4 is 5.91 Å². The van der Waals surface area contributed by atoms with Crippen molar-refractivity contribution in [1.82, 2.24) is 10.2 Å². The van der Waals surface area contributed by atoms with E-state index < -0.39 is 0 Å². The molecule has 3 heteroatoms. The second-order valence-corrected chi connectivity index (χ2v) is 3.36. The average Bonchev–Trinajstić information content (AvgIpc) is 2.38. The summed E-state index contributed by atoms with van der Waals surface area (Å²) in [6.07, 6.45) is 2.10. The topological polar surface area (TPSA) is 32.3 Å². The third-order valence-corrected chi connectivity index (χ3v) is 2.60. The molecule has 3 nitrogen and oxygen atoms in total. The minimum Gasteiger partial charge on any atom is -0.326 e. The van der Waals surface area contributed by atoms with Gasteiger partial charge in [-0.05, 0) is 19.8 Å². The van der Waals surface area contributed by atoms with Crippen LogP contribution in [0.15, 0.2) is 0 Å². The molecule has 0 aromatic rings. The maximum atomic E-state index is 11.5. The summed E-state index contributed by atoms with van der Waals surface area (Å²) in [7, 11) is 0. The first-order valence-corrected chi connectivity index (χ1v) is 4.74. The van der Waals surface area contributed by atoms with E-state index in [4.69, 9.17) is 0 Å². The van der Waals surface area contributed by atoms with Gasteiger partial charge in [-0.25, -0.2) is 0 Å². The monoisotopic (exact) mass is 170 g/mol. The van der Waals surface area contributed by atoms with E-state index in [0.717, 1.165) is 19.5 Å². The molecule has 1 unspecified atom stereocenters. The number of carbonyl (C=O) groups excluding carboxylic acids is 1. The van der Waals surface area contributed by atoms with Crippen LogP contribution < -0.4 is 5.32 Å². The van der Waals surface area contributed by atoms with Gasteiger partial charge in [-0.1, -0.05) is 13.8 Å². The van der Waals surface area contributed by atoms with Crippen molar-refractivity contribution in [1.29, 1.82) is 0 Å². The smallest absolute Gasteiger partial charge is 0.240 e. The number of nitrogens with one attached hydrogen (secondary N) is 1. The Labute approximate surface area is 74.1 Å². The molecule has 1 fully saturated rings. The van der Waals surface area contributed by atoms with Gasteiger partial charge < -0.3 is 4.90 Å².